The van der Waals surface area contributed by atoms with Gasteiger partial charge in [-0.2, -0.15) is 0 Å². The molecule has 0 aliphatic carbocycles. The van der Waals surface area contributed by atoms with Gasteiger partial charge in [-0.05, 0) is 26.0 Å². The lowest BCUT2D eigenvalue weighted by molar-refractivity contribution is -0.0566. The minimum Gasteiger partial charge on any atom is -0.459 e. The number of aliphatic hydroxyl groups is 1. The van der Waals surface area contributed by atoms with Crippen LogP contribution in [0.4, 0.5) is 0 Å². The average Bonchev–Trinajstić information content (AvgIpc) is 3.05. The van der Waals surface area contributed by atoms with Crippen LogP contribution in [0.2, 0.25) is 0 Å². The third-order valence-corrected chi connectivity index (χ3v) is 4.52. The summed E-state index contributed by atoms with van der Waals surface area (Å²) in [5.41, 5.74) is 0.105. The van der Waals surface area contributed by atoms with Crippen molar-refractivity contribution >= 4 is 40.9 Å². The van der Waals surface area contributed by atoms with Crippen molar-refractivity contribution in [1.82, 2.24) is 10.6 Å². The molecular formula is C19H28IN3O3. The van der Waals surface area contributed by atoms with Crippen LogP contribution in [0.1, 0.15) is 38.5 Å². The maximum Gasteiger partial charge on any atom is 0.191 e. The summed E-state index contributed by atoms with van der Waals surface area (Å²) in [6, 6.07) is 9.98. The lowest BCUT2D eigenvalue weighted by Gasteiger charge is -2.30. The van der Waals surface area contributed by atoms with Gasteiger partial charge in [-0.1, -0.05) is 18.2 Å². The summed E-state index contributed by atoms with van der Waals surface area (Å²) >= 11 is 0. The number of fused-ring (bicyclic) bond motifs is 1. The highest BCUT2D eigenvalue weighted by Gasteiger charge is 2.29. The normalized spacial score (nSPS) is 18.2. The summed E-state index contributed by atoms with van der Waals surface area (Å²) in [7, 11) is 0. The van der Waals surface area contributed by atoms with E-state index in [4.69, 9.17) is 9.15 Å². The zero-order chi connectivity index (χ0) is 17.7. The largest absolute Gasteiger partial charge is 0.459 e. The maximum atomic E-state index is 10.6. The van der Waals surface area contributed by atoms with E-state index in [1.165, 1.54) is 0 Å². The third kappa shape index (κ3) is 5.34. The fourth-order valence-electron chi connectivity index (χ4n) is 2.95. The zero-order valence-corrected chi connectivity index (χ0v) is 17.7. The number of rotatable bonds is 5. The van der Waals surface area contributed by atoms with Gasteiger partial charge in [-0.15, -0.1) is 24.0 Å². The highest BCUT2D eigenvalue weighted by Crippen LogP contribution is 2.24. The van der Waals surface area contributed by atoms with Crippen LogP contribution >= 0.6 is 24.0 Å². The minimum absolute atomic E-state index is 0. The predicted molar refractivity (Wildman–Crippen MR) is 114 cm³/mol. The molecule has 6 nitrogen and oxygen atoms in total. The second-order valence-electron chi connectivity index (χ2n) is 6.58. The van der Waals surface area contributed by atoms with E-state index in [1.54, 1.807) is 0 Å². The van der Waals surface area contributed by atoms with Crippen molar-refractivity contribution in [2.75, 3.05) is 26.3 Å². The van der Waals surface area contributed by atoms with Crippen LogP contribution in [-0.4, -0.2) is 43.0 Å². The zero-order valence-electron chi connectivity index (χ0n) is 15.3. The Morgan fingerprint density at radius 1 is 1.31 bits per heavy atom. The van der Waals surface area contributed by atoms with Crippen molar-refractivity contribution in [1.29, 1.82) is 0 Å². The molecule has 0 bridgehead atoms. The van der Waals surface area contributed by atoms with Crippen LogP contribution in [0.3, 0.4) is 0 Å². The summed E-state index contributed by atoms with van der Waals surface area (Å²) in [4.78, 5) is 4.58. The van der Waals surface area contributed by atoms with Crippen LogP contribution < -0.4 is 10.6 Å². The van der Waals surface area contributed by atoms with Gasteiger partial charge in [-0.25, -0.2) is 0 Å². The molecule has 1 unspecified atom stereocenters. The van der Waals surface area contributed by atoms with E-state index < -0.39 is 5.60 Å². The van der Waals surface area contributed by atoms with Crippen molar-refractivity contribution in [3.8, 4) is 0 Å². The Morgan fingerprint density at radius 2 is 2.04 bits per heavy atom. The van der Waals surface area contributed by atoms with E-state index in [1.807, 2.05) is 44.2 Å². The number of ether oxygens (including phenoxy) is 1. The number of nitrogens with one attached hydrogen (secondary N) is 2. The molecule has 2 aromatic rings. The molecule has 3 N–H and O–H groups in total. The van der Waals surface area contributed by atoms with Crippen molar-refractivity contribution in [2.45, 2.75) is 38.3 Å². The van der Waals surface area contributed by atoms with Crippen molar-refractivity contribution in [3.05, 3.63) is 36.1 Å². The van der Waals surface area contributed by atoms with Gasteiger partial charge >= 0.3 is 0 Å². The molecule has 144 valence electrons. The molecule has 3 rings (SSSR count). The molecule has 1 aromatic carbocycles. The molecular weight excluding hydrogens is 445 g/mol. The maximum absolute atomic E-state index is 10.6. The van der Waals surface area contributed by atoms with Gasteiger partial charge in [0.05, 0.1) is 18.2 Å². The third-order valence-electron chi connectivity index (χ3n) is 4.52. The van der Waals surface area contributed by atoms with E-state index in [9.17, 15) is 5.11 Å². The molecule has 0 spiro atoms. The first-order valence-corrected chi connectivity index (χ1v) is 8.93. The second-order valence-corrected chi connectivity index (χ2v) is 6.58. The van der Waals surface area contributed by atoms with Gasteiger partial charge in [0.2, 0.25) is 0 Å². The second kappa shape index (κ2) is 9.57. The Kier molecular flexibility index (Phi) is 7.72. The van der Waals surface area contributed by atoms with Gasteiger partial charge in [-0.3, -0.25) is 4.99 Å². The molecule has 0 saturated carbocycles. The summed E-state index contributed by atoms with van der Waals surface area (Å²) in [6.07, 6.45) is 1.24. The smallest absolute Gasteiger partial charge is 0.191 e. The van der Waals surface area contributed by atoms with Crippen LogP contribution in [0, 0.1) is 0 Å². The summed E-state index contributed by atoms with van der Waals surface area (Å²) in [5, 5.41) is 18.2. The van der Waals surface area contributed by atoms with Gasteiger partial charge in [0.25, 0.3) is 0 Å². The molecule has 1 aliphatic rings. The molecule has 2 heterocycles. The van der Waals surface area contributed by atoms with Crippen molar-refractivity contribution in [2.24, 2.45) is 4.99 Å². The Balaban J connectivity index is 0.00000243. The van der Waals surface area contributed by atoms with Gasteiger partial charge in [0.15, 0.2) is 5.96 Å². The molecule has 1 atom stereocenters. The number of hydrogen-bond acceptors (Lipinski definition) is 4. The summed E-state index contributed by atoms with van der Waals surface area (Å²) in [5.74, 6) is 1.53. The fourth-order valence-corrected chi connectivity index (χ4v) is 2.95. The Bertz CT molecular complexity index is 693. The highest BCUT2D eigenvalue weighted by atomic mass is 127. The number of hydrogen-bond donors (Lipinski definition) is 3. The average molecular weight is 473 g/mol. The first-order valence-electron chi connectivity index (χ1n) is 8.93. The first-order chi connectivity index (χ1) is 12.1. The molecule has 0 amide bonds. The monoisotopic (exact) mass is 473 g/mol. The minimum atomic E-state index is -0.775. The topological polar surface area (TPSA) is 79.0 Å². The van der Waals surface area contributed by atoms with E-state index in [-0.39, 0.29) is 30.0 Å². The number of furan rings is 1. The standard InChI is InChI=1S/C19H27N3O3.HI/c1-3-20-18(21-13-19(23)8-10-24-11-9-19)22-14(2)17-12-15-6-4-5-7-16(15)25-17;/h4-7,12,14,23H,3,8-11,13H2,1-2H3,(H2,20,21,22);1H. The van der Waals surface area contributed by atoms with Crippen LogP contribution in [-0.2, 0) is 4.74 Å². The van der Waals surface area contributed by atoms with Crippen LogP contribution in [0.5, 0.6) is 0 Å². The van der Waals surface area contributed by atoms with E-state index in [2.05, 4.69) is 15.6 Å². The molecule has 0 radical (unpaired) electrons. The summed E-state index contributed by atoms with van der Waals surface area (Å²) in [6.45, 7) is 6.34. The first kappa shape index (κ1) is 21.0. The predicted octanol–water partition coefficient (Wildman–Crippen LogP) is 3.21. The van der Waals surface area contributed by atoms with Crippen molar-refractivity contribution < 1.29 is 14.3 Å². The molecule has 26 heavy (non-hydrogen) atoms. The van der Waals surface area contributed by atoms with Crippen LogP contribution in [0.15, 0.2) is 39.7 Å². The van der Waals surface area contributed by atoms with E-state index >= 15 is 0 Å². The number of benzene rings is 1. The molecule has 7 heteroatoms. The van der Waals surface area contributed by atoms with Crippen LogP contribution in [0.25, 0.3) is 11.0 Å². The van der Waals surface area contributed by atoms with Gasteiger partial charge < -0.3 is 24.9 Å². The lowest BCUT2D eigenvalue weighted by Crippen LogP contribution is -2.43. The number of guanidine groups is 1. The number of aliphatic imine (C=N–C) groups is 1. The quantitative estimate of drug-likeness (QED) is 0.353. The van der Waals surface area contributed by atoms with E-state index in [0.717, 1.165) is 23.3 Å². The molecule has 1 aliphatic heterocycles. The van der Waals surface area contributed by atoms with Gasteiger partial charge in [0, 0.05) is 38.0 Å². The fraction of sp³-hybridized carbons (Fsp3) is 0.526. The molecule has 1 fully saturated rings. The van der Waals surface area contributed by atoms with Crippen molar-refractivity contribution in [3.63, 3.8) is 0 Å². The lowest BCUT2D eigenvalue weighted by atomic mass is 9.95. The Labute approximate surface area is 171 Å². The number of para-hydroxylation sites is 1. The Hall–Kier alpha value is -1.32. The Morgan fingerprint density at radius 3 is 2.73 bits per heavy atom. The van der Waals surface area contributed by atoms with Gasteiger partial charge in [0.1, 0.15) is 11.3 Å². The number of nitrogens with zero attached hydrogens (tertiary/aromatic N) is 1. The highest BCUT2D eigenvalue weighted by molar-refractivity contribution is 14.0. The van der Waals surface area contributed by atoms with E-state index in [0.29, 0.717) is 38.6 Å². The molecule has 1 aromatic heterocycles. The number of halogens is 1. The molecule has 1 saturated heterocycles. The SMILES string of the molecule is CCNC(=NCC1(O)CCOCC1)NC(C)c1cc2ccccc2o1.I. The summed E-state index contributed by atoms with van der Waals surface area (Å²) < 4.78 is 11.2.